The molecule has 3 aromatic rings. The van der Waals surface area contributed by atoms with Gasteiger partial charge in [0.1, 0.15) is 5.75 Å². The van der Waals surface area contributed by atoms with E-state index in [9.17, 15) is 4.79 Å². The van der Waals surface area contributed by atoms with Gasteiger partial charge in [0.25, 0.3) is 0 Å². The van der Waals surface area contributed by atoms with Gasteiger partial charge in [0, 0.05) is 22.8 Å². The first kappa shape index (κ1) is 16.8. The van der Waals surface area contributed by atoms with E-state index in [1.54, 1.807) is 30.2 Å². The van der Waals surface area contributed by atoms with Crippen LogP contribution in [0.3, 0.4) is 0 Å². The number of aromatic nitrogens is 1. The molecule has 0 saturated heterocycles. The van der Waals surface area contributed by atoms with Gasteiger partial charge < -0.3 is 10.1 Å². The highest BCUT2D eigenvalue weighted by Gasteiger charge is 2.06. The van der Waals surface area contributed by atoms with Crippen LogP contribution in [0.25, 0.3) is 10.2 Å². The van der Waals surface area contributed by atoms with E-state index in [-0.39, 0.29) is 5.91 Å². The van der Waals surface area contributed by atoms with Gasteiger partial charge in [-0.2, -0.15) is 0 Å². The minimum absolute atomic E-state index is 0.0246. The van der Waals surface area contributed by atoms with Crippen LogP contribution in [0.4, 0.5) is 5.69 Å². The number of benzene rings is 2. The molecule has 0 bridgehead atoms. The first-order chi connectivity index (χ1) is 11.6. The van der Waals surface area contributed by atoms with Gasteiger partial charge in [-0.05, 0) is 49.4 Å². The highest BCUT2D eigenvalue weighted by atomic mass is 32.2. The summed E-state index contributed by atoms with van der Waals surface area (Å²) in [5, 5.41) is 3.99. The monoisotopic (exact) mass is 358 g/mol. The predicted octanol–water partition coefficient (Wildman–Crippen LogP) is 4.73. The summed E-state index contributed by atoms with van der Waals surface area (Å²) in [6.07, 6.45) is 0.469. The lowest BCUT2D eigenvalue weighted by Crippen LogP contribution is -2.11. The number of hydrogen-bond donors (Lipinski definition) is 1. The predicted molar refractivity (Wildman–Crippen MR) is 101 cm³/mol. The molecule has 0 fully saturated rings. The normalized spacial score (nSPS) is 10.8. The van der Waals surface area contributed by atoms with Crippen LogP contribution in [-0.4, -0.2) is 23.8 Å². The first-order valence-electron chi connectivity index (χ1n) is 7.58. The topological polar surface area (TPSA) is 51.2 Å². The molecular weight excluding hydrogens is 340 g/mol. The Morgan fingerprint density at radius 1 is 1.25 bits per heavy atom. The van der Waals surface area contributed by atoms with Gasteiger partial charge in [-0.1, -0.05) is 0 Å². The number of carbonyl (C=O) groups excluding carboxylic acids is 1. The van der Waals surface area contributed by atoms with Crippen LogP contribution in [0, 0.1) is 6.92 Å². The van der Waals surface area contributed by atoms with Crippen molar-refractivity contribution in [2.75, 3.05) is 18.2 Å². The molecule has 0 unspecified atom stereocenters. The molecule has 6 heteroatoms. The Balaban J connectivity index is 1.50. The van der Waals surface area contributed by atoms with Crippen molar-refractivity contribution >= 4 is 44.9 Å². The molecular formula is C18H18N2O2S2. The molecule has 0 spiro atoms. The Labute approximate surface area is 149 Å². The van der Waals surface area contributed by atoms with Crippen LogP contribution in [0.5, 0.6) is 5.75 Å². The third kappa shape index (κ3) is 4.27. The van der Waals surface area contributed by atoms with E-state index in [0.717, 1.165) is 37.3 Å². The average molecular weight is 358 g/mol. The lowest BCUT2D eigenvalue weighted by molar-refractivity contribution is -0.115. The lowest BCUT2D eigenvalue weighted by Gasteiger charge is -2.06. The van der Waals surface area contributed by atoms with E-state index in [1.807, 2.05) is 49.4 Å². The van der Waals surface area contributed by atoms with E-state index in [0.29, 0.717) is 6.42 Å². The molecule has 0 atom stereocenters. The van der Waals surface area contributed by atoms with Crippen molar-refractivity contribution in [2.45, 2.75) is 18.2 Å². The summed E-state index contributed by atoms with van der Waals surface area (Å²) in [5.74, 6) is 1.60. The van der Waals surface area contributed by atoms with Crippen LogP contribution in [0.15, 0.2) is 47.4 Å². The third-order valence-corrected chi connectivity index (χ3v) is 5.38. The van der Waals surface area contributed by atoms with Crippen molar-refractivity contribution in [1.82, 2.24) is 4.98 Å². The fourth-order valence-corrected chi connectivity index (χ4v) is 3.99. The number of methoxy groups -OCH3 is 1. The molecule has 0 aliphatic rings. The summed E-state index contributed by atoms with van der Waals surface area (Å²) in [7, 11) is 1.65. The molecule has 124 valence electrons. The van der Waals surface area contributed by atoms with Gasteiger partial charge >= 0.3 is 0 Å². The van der Waals surface area contributed by atoms with Gasteiger partial charge in [-0.25, -0.2) is 4.98 Å². The number of fused-ring (bicyclic) bond motifs is 1. The molecule has 1 heterocycles. The fraction of sp³-hybridized carbons (Fsp3) is 0.222. The van der Waals surface area contributed by atoms with Gasteiger partial charge in [0.05, 0.1) is 22.3 Å². The summed E-state index contributed by atoms with van der Waals surface area (Å²) >= 11 is 3.29. The molecule has 24 heavy (non-hydrogen) atoms. The molecule has 0 aliphatic carbocycles. The van der Waals surface area contributed by atoms with Crippen molar-refractivity contribution in [1.29, 1.82) is 0 Å². The summed E-state index contributed by atoms with van der Waals surface area (Å²) in [6.45, 7) is 1.99. The van der Waals surface area contributed by atoms with Crippen molar-refractivity contribution < 1.29 is 9.53 Å². The number of hydrogen-bond acceptors (Lipinski definition) is 5. The SMILES string of the molecule is COc1ccc(SCCC(=O)Nc2ccc3nc(C)sc3c2)cc1. The fourth-order valence-electron chi connectivity index (χ4n) is 2.27. The quantitative estimate of drug-likeness (QED) is 0.647. The summed E-state index contributed by atoms with van der Waals surface area (Å²) < 4.78 is 6.23. The van der Waals surface area contributed by atoms with Crippen molar-refractivity contribution in [2.24, 2.45) is 0 Å². The van der Waals surface area contributed by atoms with Crippen molar-refractivity contribution in [3.8, 4) is 5.75 Å². The number of carbonyl (C=O) groups is 1. The Bertz CT molecular complexity index is 844. The van der Waals surface area contributed by atoms with Gasteiger partial charge in [0.2, 0.25) is 5.91 Å². The smallest absolute Gasteiger partial charge is 0.225 e. The largest absolute Gasteiger partial charge is 0.497 e. The Kier molecular flexibility index (Phi) is 5.37. The number of nitrogens with one attached hydrogen (secondary N) is 1. The first-order valence-corrected chi connectivity index (χ1v) is 9.38. The van der Waals surface area contributed by atoms with Crippen molar-refractivity contribution in [3.63, 3.8) is 0 Å². The number of thioether (sulfide) groups is 1. The van der Waals surface area contributed by atoms with E-state index in [4.69, 9.17) is 4.74 Å². The number of amides is 1. The maximum atomic E-state index is 12.1. The Morgan fingerprint density at radius 3 is 2.79 bits per heavy atom. The van der Waals surface area contributed by atoms with E-state index >= 15 is 0 Å². The second kappa shape index (κ2) is 7.68. The molecule has 1 N–H and O–H groups in total. The summed E-state index contributed by atoms with van der Waals surface area (Å²) in [5.41, 5.74) is 1.80. The number of ether oxygens (including phenoxy) is 1. The van der Waals surface area contributed by atoms with Crippen LogP contribution < -0.4 is 10.1 Å². The molecule has 0 aliphatic heterocycles. The zero-order valence-corrected chi connectivity index (χ0v) is 15.2. The number of anilines is 1. The molecule has 1 aromatic heterocycles. The third-order valence-electron chi connectivity index (χ3n) is 3.44. The highest BCUT2D eigenvalue weighted by molar-refractivity contribution is 7.99. The van der Waals surface area contributed by atoms with E-state index < -0.39 is 0 Å². The Morgan fingerprint density at radius 2 is 2.04 bits per heavy atom. The van der Waals surface area contributed by atoms with Crippen LogP contribution in [-0.2, 0) is 4.79 Å². The molecule has 2 aromatic carbocycles. The number of aryl methyl sites for hydroxylation is 1. The maximum Gasteiger partial charge on any atom is 0.225 e. The maximum absolute atomic E-state index is 12.1. The minimum atomic E-state index is 0.0246. The average Bonchev–Trinajstić information content (AvgIpc) is 2.95. The van der Waals surface area contributed by atoms with E-state index in [2.05, 4.69) is 10.3 Å². The zero-order valence-electron chi connectivity index (χ0n) is 13.5. The molecule has 1 amide bonds. The van der Waals surface area contributed by atoms with Gasteiger partial charge in [-0.15, -0.1) is 23.1 Å². The zero-order chi connectivity index (χ0) is 16.9. The Hall–Kier alpha value is -2.05. The number of rotatable bonds is 6. The summed E-state index contributed by atoms with van der Waals surface area (Å²) in [4.78, 5) is 17.6. The molecule has 3 rings (SSSR count). The van der Waals surface area contributed by atoms with Crippen LogP contribution in [0.2, 0.25) is 0 Å². The van der Waals surface area contributed by atoms with Crippen molar-refractivity contribution in [3.05, 3.63) is 47.5 Å². The number of thiazole rings is 1. The highest BCUT2D eigenvalue weighted by Crippen LogP contribution is 2.25. The molecule has 0 saturated carbocycles. The number of nitrogens with zero attached hydrogens (tertiary/aromatic N) is 1. The molecule has 0 radical (unpaired) electrons. The molecule has 4 nitrogen and oxygen atoms in total. The van der Waals surface area contributed by atoms with Gasteiger partial charge in [0.15, 0.2) is 0 Å². The second-order valence-electron chi connectivity index (χ2n) is 5.24. The summed E-state index contributed by atoms with van der Waals surface area (Å²) in [6, 6.07) is 13.7. The lowest BCUT2D eigenvalue weighted by atomic mass is 10.3. The second-order valence-corrected chi connectivity index (χ2v) is 7.64. The van der Waals surface area contributed by atoms with Crippen LogP contribution in [0.1, 0.15) is 11.4 Å². The minimum Gasteiger partial charge on any atom is -0.497 e. The van der Waals surface area contributed by atoms with Gasteiger partial charge in [-0.3, -0.25) is 4.79 Å². The van der Waals surface area contributed by atoms with E-state index in [1.165, 1.54) is 0 Å². The standard InChI is InChI=1S/C18H18N2O2S2/c1-12-19-16-8-3-13(11-17(16)24-12)20-18(21)9-10-23-15-6-4-14(22-2)5-7-15/h3-8,11H,9-10H2,1-2H3,(H,20,21). The van der Waals surface area contributed by atoms with Crippen LogP contribution >= 0.6 is 23.1 Å².